The second-order valence-corrected chi connectivity index (χ2v) is 9.01. The highest BCUT2D eigenvalue weighted by Crippen LogP contribution is 2.20. The maximum atomic E-state index is 13.0. The van der Waals surface area contributed by atoms with Gasteiger partial charge in [0.1, 0.15) is 5.57 Å². The number of sulfonamides is 1. The fourth-order valence-electron chi connectivity index (χ4n) is 3.34. The normalized spacial score (nSPS) is 11.8. The summed E-state index contributed by atoms with van der Waals surface area (Å²) in [5, 5.41) is 12.4. The third-order valence-electron chi connectivity index (χ3n) is 5.20. The summed E-state index contributed by atoms with van der Waals surface area (Å²) in [6, 6.07) is 16.8. The molecule has 1 N–H and O–H groups in total. The van der Waals surface area contributed by atoms with Crippen molar-refractivity contribution in [2.75, 3.05) is 13.1 Å². The first-order valence-electron chi connectivity index (χ1n) is 10.5. The maximum Gasteiger partial charge on any atom is 0.270 e. The van der Waals surface area contributed by atoms with E-state index in [1.807, 2.05) is 16.9 Å². The lowest BCUT2D eigenvalue weighted by Gasteiger charge is -2.20. The molecule has 0 saturated heterocycles. The Morgan fingerprint density at radius 2 is 1.59 bits per heavy atom. The van der Waals surface area contributed by atoms with E-state index >= 15 is 0 Å². The topological polar surface area (TPSA) is 127 Å². The molecule has 0 atom stereocenters. The van der Waals surface area contributed by atoms with Crippen LogP contribution in [0.25, 0.3) is 16.8 Å². The van der Waals surface area contributed by atoms with Crippen molar-refractivity contribution in [2.45, 2.75) is 18.7 Å². The van der Waals surface area contributed by atoms with Gasteiger partial charge in [0.2, 0.25) is 0 Å². The molecule has 2 amide bonds. The number of nitro benzene ring substituents is 1. The molecule has 9 nitrogen and oxygen atoms in total. The Balaban J connectivity index is 1.98. The van der Waals surface area contributed by atoms with Crippen molar-refractivity contribution in [3.8, 4) is 0 Å². The molecule has 0 fully saturated rings. The third kappa shape index (κ3) is 5.46. The Bertz CT molecular complexity index is 1380. The molecule has 0 aliphatic rings. The summed E-state index contributed by atoms with van der Waals surface area (Å²) in [7, 11) is -4.28. The van der Waals surface area contributed by atoms with Crippen molar-refractivity contribution < 1.29 is 22.9 Å². The van der Waals surface area contributed by atoms with E-state index in [1.54, 1.807) is 32.0 Å². The Hall–Kier alpha value is -4.05. The minimum atomic E-state index is -4.28. The molecule has 0 aromatic heterocycles. The highest BCUT2D eigenvalue weighted by molar-refractivity contribution is 7.90. The van der Waals surface area contributed by atoms with Gasteiger partial charge in [0, 0.05) is 25.2 Å². The lowest BCUT2D eigenvalue weighted by molar-refractivity contribution is -0.384. The van der Waals surface area contributed by atoms with E-state index in [1.165, 1.54) is 47.4 Å². The fourth-order valence-corrected chi connectivity index (χ4v) is 4.34. The Morgan fingerprint density at radius 3 is 2.18 bits per heavy atom. The summed E-state index contributed by atoms with van der Waals surface area (Å²) in [6.45, 7) is 4.07. The molecular weight excluding hydrogens is 458 g/mol. The fraction of sp³-hybridized carbons (Fsp3) is 0.167. The van der Waals surface area contributed by atoms with Gasteiger partial charge in [-0.3, -0.25) is 19.7 Å². The van der Waals surface area contributed by atoms with Gasteiger partial charge in [-0.15, -0.1) is 0 Å². The second kappa shape index (κ2) is 10.3. The SMILES string of the molecule is CCN(CC)C(=O)/C(=C/c1ccc([N+](=O)[O-])cc1)C(=O)NS(=O)(=O)c1ccc2ccccc2c1. The van der Waals surface area contributed by atoms with E-state index < -0.39 is 32.3 Å². The van der Waals surface area contributed by atoms with E-state index in [2.05, 4.69) is 0 Å². The van der Waals surface area contributed by atoms with Crippen molar-refractivity contribution in [3.63, 3.8) is 0 Å². The largest absolute Gasteiger partial charge is 0.339 e. The number of carbonyl (C=O) groups excluding carboxylic acids is 2. The van der Waals surface area contributed by atoms with Crippen LogP contribution in [0.5, 0.6) is 0 Å². The molecule has 0 saturated carbocycles. The molecule has 0 spiro atoms. The summed E-state index contributed by atoms with van der Waals surface area (Å²) >= 11 is 0. The number of hydrogen-bond donors (Lipinski definition) is 1. The van der Waals surface area contributed by atoms with Gasteiger partial charge >= 0.3 is 0 Å². The minimum Gasteiger partial charge on any atom is -0.339 e. The van der Waals surface area contributed by atoms with Crippen molar-refractivity contribution in [2.24, 2.45) is 0 Å². The first kappa shape index (κ1) is 24.6. The molecule has 0 radical (unpaired) electrons. The second-order valence-electron chi connectivity index (χ2n) is 7.33. The van der Waals surface area contributed by atoms with Crippen LogP contribution >= 0.6 is 0 Å². The standard InChI is InChI=1S/C24H23N3O6S/c1-3-26(4-2)24(29)22(15-17-9-12-20(13-10-17)27(30)31)23(28)25-34(32,33)21-14-11-18-7-5-6-8-19(18)16-21/h5-16H,3-4H2,1-2H3,(H,25,28)/b22-15+. The van der Waals surface area contributed by atoms with Crippen molar-refractivity contribution in [1.29, 1.82) is 0 Å². The van der Waals surface area contributed by atoms with Gasteiger partial charge in [-0.1, -0.05) is 30.3 Å². The van der Waals surface area contributed by atoms with E-state index in [4.69, 9.17) is 0 Å². The monoisotopic (exact) mass is 481 g/mol. The Kier molecular flexibility index (Phi) is 7.42. The zero-order valence-corrected chi connectivity index (χ0v) is 19.4. The van der Waals surface area contributed by atoms with Gasteiger partial charge in [0.25, 0.3) is 27.5 Å². The number of nitro groups is 1. The molecule has 176 valence electrons. The molecule has 0 heterocycles. The number of hydrogen-bond acceptors (Lipinski definition) is 6. The smallest absolute Gasteiger partial charge is 0.270 e. The first-order chi connectivity index (χ1) is 16.2. The van der Waals surface area contributed by atoms with E-state index in [9.17, 15) is 28.1 Å². The summed E-state index contributed by atoms with van der Waals surface area (Å²) in [6.07, 6.45) is 1.22. The number of fused-ring (bicyclic) bond motifs is 1. The number of amides is 2. The van der Waals surface area contributed by atoms with Gasteiger partial charge in [-0.25, -0.2) is 13.1 Å². The molecular formula is C24H23N3O6S. The van der Waals surface area contributed by atoms with Crippen molar-refractivity contribution in [1.82, 2.24) is 9.62 Å². The van der Waals surface area contributed by atoms with Crippen LogP contribution in [0.1, 0.15) is 19.4 Å². The molecule has 0 aliphatic carbocycles. The van der Waals surface area contributed by atoms with Gasteiger partial charge in [-0.2, -0.15) is 0 Å². The van der Waals surface area contributed by atoms with E-state index in [-0.39, 0.29) is 10.6 Å². The van der Waals surface area contributed by atoms with Crippen LogP contribution < -0.4 is 4.72 Å². The average Bonchev–Trinajstić information content (AvgIpc) is 2.82. The van der Waals surface area contributed by atoms with Crippen LogP contribution in [-0.4, -0.2) is 43.1 Å². The maximum absolute atomic E-state index is 13.0. The van der Waals surface area contributed by atoms with E-state index in [0.717, 1.165) is 5.39 Å². The van der Waals surface area contributed by atoms with Gasteiger partial charge in [0.15, 0.2) is 0 Å². The van der Waals surface area contributed by atoms with Crippen LogP contribution in [-0.2, 0) is 19.6 Å². The highest BCUT2D eigenvalue weighted by atomic mass is 32.2. The molecule has 3 aromatic carbocycles. The lowest BCUT2D eigenvalue weighted by atomic mass is 10.1. The molecule has 3 aromatic rings. The third-order valence-corrected chi connectivity index (χ3v) is 6.53. The summed E-state index contributed by atoms with van der Waals surface area (Å²) in [5.41, 5.74) is -0.224. The molecule has 3 rings (SSSR count). The van der Waals surface area contributed by atoms with Crippen molar-refractivity contribution in [3.05, 3.63) is 88.0 Å². The summed E-state index contributed by atoms with van der Waals surface area (Å²) < 4.78 is 27.9. The van der Waals surface area contributed by atoms with Crippen LogP contribution in [0.2, 0.25) is 0 Å². The summed E-state index contributed by atoms with van der Waals surface area (Å²) in [4.78, 5) is 37.6. The van der Waals surface area contributed by atoms with Gasteiger partial charge < -0.3 is 4.90 Å². The molecule has 0 unspecified atom stereocenters. The first-order valence-corrected chi connectivity index (χ1v) is 12.0. The quantitative estimate of drug-likeness (QED) is 0.172. The number of benzene rings is 3. The number of non-ortho nitro benzene ring substituents is 1. The molecule has 34 heavy (non-hydrogen) atoms. The van der Waals surface area contributed by atoms with Gasteiger partial charge in [0.05, 0.1) is 9.82 Å². The Morgan fingerprint density at radius 1 is 0.971 bits per heavy atom. The number of rotatable bonds is 8. The minimum absolute atomic E-state index is 0.121. The summed E-state index contributed by atoms with van der Waals surface area (Å²) in [5.74, 6) is -1.75. The Labute approximate surface area is 196 Å². The number of nitrogens with zero attached hydrogens (tertiary/aromatic N) is 2. The van der Waals surface area contributed by atoms with Crippen LogP contribution in [0.15, 0.2) is 77.2 Å². The van der Waals surface area contributed by atoms with Crippen LogP contribution in [0, 0.1) is 10.1 Å². The predicted molar refractivity (Wildman–Crippen MR) is 128 cm³/mol. The molecule has 10 heteroatoms. The zero-order valence-electron chi connectivity index (χ0n) is 18.6. The number of carbonyl (C=O) groups is 2. The highest BCUT2D eigenvalue weighted by Gasteiger charge is 2.27. The van der Waals surface area contributed by atoms with E-state index in [0.29, 0.717) is 24.0 Å². The molecule has 0 bridgehead atoms. The average molecular weight is 482 g/mol. The molecule has 0 aliphatic heterocycles. The number of likely N-dealkylation sites (N-methyl/N-ethyl adjacent to an activating group) is 1. The lowest BCUT2D eigenvalue weighted by Crippen LogP contribution is -2.39. The zero-order chi connectivity index (χ0) is 24.9. The van der Waals surface area contributed by atoms with Crippen LogP contribution in [0.4, 0.5) is 5.69 Å². The predicted octanol–water partition coefficient (Wildman–Crippen LogP) is 3.50. The van der Waals surface area contributed by atoms with Crippen LogP contribution in [0.3, 0.4) is 0 Å². The van der Waals surface area contributed by atoms with Gasteiger partial charge in [-0.05, 0) is 60.5 Å². The number of nitrogens with one attached hydrogen (secondary N) is 1. The van der Waals surface area contributed by atoms with Crippen molar-refractivity contribution >= 4 is 44.4 Å².